The number of benzene rings is 2. The van der Waals surface area contributed by atoms with Crippen molar-refractivity contribution in [3.63, 3.8) is 0 Å². The average Bonchev–Trinajstić information content (AvgIpc) is 2.69. The van der Waals surface area contributed by atoms with Crippen LogP contribution < -0.4 is 9.64 Å². The maximum atomic E-state index is 12.5. The van der Waals surface area contributed by atoms with Gasteiger partial charge in [-0.3, -0.25) is 4.79 Å². The highest BCUT2D eigenvalue weighted by molar-refractivity contribution is 5.95. The first-order valence-electron chi connectivity index (χ1n) is 8.59. The zero-order valence-electron chi connectivity index (χ0n) is 14.8. The van der Waals surface area contributed by atoms with E-state index in [4.69, 9.17) is 4.74 Å². The maximum Gasteiger partial charge on any atom is 0.246 e. The number of allylic oxidation sites excluding steroid dienone is 1. The number of ether oxygens (including phenoxy) is 1. The Balaban J connectivity index is 1.59. The molecule has 0 saturated carbocycles. The van der Waals surface area contributed by atoms with E-state index in [1.165, 1.54) is 5.69 Å². The molecule has 2 aromatic carbocycles. The summed E-state index contributed by atoms with van der Waals surface area (Å²) in [7, 11) is 1.67. The smallest absolute Gasteiger partial charge is 0.246 e. The Hall–Kier alpha value is -2.75. The third-order valence-corrected chi connectivity index (χ3v) is 4.60. The van der Waals surface area contributed by atoms with Crippen molar-refractivity contribution >= 4 is 17.2 Å². The van der Waals surface area contributed by atoms with Crippen molar-refractivity contribution in [1.29, 1.82) is 0 Å². The van der Waals surface area contributed by atoms with E-state index in [0.717, 1.165) is 43.1 Å². The number of nitrogens with zero attached hydrogens (tertiary/aromatic N) is 2. The fraction of sp³-hybridized carbons (Fsp3) is 0.286. The predicted molar refractivity (Wildman–Crippen MR) is 102 cm³/mol. The molecule has 1 saturated heterocycles. The molecule has 0 N–H and O–H groups in total. The summed E-state index contributed by atoms with van der Waals surface area (Å²) in [6.45, 7) is 5.15. The van der Waals surface area contributed by atoms with Crippen LogP contribution in [0.15, 0.2) is 60.7 Å². The first kappa shape index (κ1) is 17.1. The van der Waals surface area contributed by atoms with E-state index >= 15 is 0 Å². The van der Waals surface area contributed by atoms with Crippen LogP contribution in [0.2, 0.25) is 0 Å². The van der Waals surface area contributed by atoms with Crippen molar-refractivity contribution in [1.82, 2.24) is 4.90 Å². The van der Waals surface area contributed by atoms with E-state index in [1.807, 2.05) is 54.3 Å². The highest BCUT2D eigenvalue weighted by atomic mass is 16.5. The summed E-state index contributed by atoms with van der Waals surface area (Å²) in [6, 6.07) is 18.1. The summed E-state index contributed by atoms with van der Waals surface area (Å²) in [4.78, 5) is 16.7. The highest BCUT2D eigenvalue weighted by Gasteiger charge is 2.20. The second-order valence-electron chi connectivity index (χ2n) is 6.20. The highest BCUT2D eigenvalue weighted by Crippen LogP contribution is 2.21. The summed E-state index contributed by atoms with van der Waals surface area (Å²) >= 11 is 0. The quantitative estimate of drug-likeness (QED) is 0.802. The van der Waals surface area contributed by atoms with Gasteiger partial charge in [-0.1, -0.05) is 30.3 Å². The van der Waals surface area contributed by atoms with Crippen LogP contribution in [0, 0.1) is 0 Å². The van der Waals surface area contributed by atoms with Gasteiger partial charge in [0.1, 0.15) is 5.75 Å². The van der Waals surface area contributed by atoms with E-state index in [2.05, 4.69) is 17.0 Å². The number of piperazine rings is 1. The van der Waals surface area contributed by atoms with Crippen molar-refractivity contribution in [2.24, 2.45) is 0 Å². The van der Waals surface area contributed by atoms with Crippen LogP contribution in [0.3, 0.4) is 0 Å². The molecule has 1 heterocycles. The number of hydrogen-bond acceptors (Lipinski definition) is 3. The minimum absolute atomic E-state index is 0.0933. The van der Waals surface area contributed by atoms with Crippen molar-refractivity contribution < 1.29 is 9.53 Å². The first-order valence-corrected chi connectivity index (χ1v) is 8.59. The van der Waals surface area contributed by atoms with E-state index in [-0.39, 0.29) is 5.91 Å². The molecule has 1 aliphatic heterocycles. The standard InChI is InChI=1S/C21H24N2O2/c1-17(18-6-4-3-5-7-18)16-21(24)23-14-12-22(13-15-23)19-8-10-20(25-2)11-9-19/h3-11,16H,12-15H2,1-2H3/b17-16+. The molecule has 130 valence electrons. The number of carbonyl (C=O) groups excluding carboxylic acids is 1. The number of hydrogen-bond donors (Lipinski definition) is 0. The molecule has 25 heavy (non-hydrogen) atoms. The Morgan fingerprint density at radius 1 is 0.960 bits per heavy atom. The van der Waals surface area contributed by atoms with Crippen LogP contribution in [-0.2, 0) is 4.79 Å². The average molecular weight is 336 g/mol. The van der Waals surface area contributed by atoms with Crippen molar-refractivity contribution in [3.05, 3.63) is 66.2 Å². The molecule has 0 bridgehead atoms. The van der Waals surface area contributed by atoms with Gasteiger partial charge < -0.3 is 14.5 Å². The molecule has 2 aromatic rings. The van der Waals surface area contributed by atoms with Crippen LogP contribution in [0.4, 0.5) is 5.69 Å². The topological polar surface area (TPSA) is 32.8 Å². The number of rotatable bonds is 4. The van der Waals surface area contributed by atoms with E-state index in [9.17, 15) is 4.79 Å². The Morgan fingerprint density at radius 3 is 2.20 bits per heavy atom. The van der Waals surface area contributed by atoms with Gasteiger partial charge in [-0.15, -0.1) is 0 Å². The first-order chi connectivity index (χ1) is 12.2. The molecule has 1 amide bonds. The minimum atomic E-state index is 0.0933. The molecule has 1 aliphatic rings. The van der Waals surface area contributed by atoms with Gasteiger partial charge in [0.15, 0.2) is 0 Å². The molecule has 4 heteroatoms. The summed E-state index contributed by atoms with van der Waals surface area (Å²) < 4.78 is 5.20. The van der Waals surface area contributed by atoms with E-state index in [0.29, 0.717) is 0 Å². The second kappa shape index (κ2) is 7.88. The molecule has 0 aromatic heterocycles. The molecule has 0 aliphatic carbocycles. The maximum absolute atomic E-state index is 12.5. The van der Waals surface area contributed by atoms with Crippen LogP contribution in [0.25, 0.3) is 5.57 Å². The van der Waals surface area contributed by atoms with Crippen LogP contribution in [-0.4, -0.2) is 44.1 Å². The molecular weight excluding hydrogens is 312 g/mol. The van der Waals surface area contributed by atoms with Crippen LogP contribution >= 0.6 is 0 Å². The van der Waals surface area contributed by atoms with Crippen molar-refractivity contribution in [3.8, 4) is 5.75 Å². The number of anilines is 1. The summed E-state index contributed by atoms with van der Waals surface area (Å²) in [5, 5.41) is 0. The molecular formula is C21H24N2O2. The Morgan fingerprint density at radius 2 is 1.60 bits per heavy atom. The van der Waals surface area contributed by atoms with Gasteiger partial charge in [0.2, 0.25) is 5.91 Å². The monoisotopic (exact) mass is 336 g/mol. The van der Waals surface area contributed by atoms with E-state index in [1.54, 1.807) is 13.2 Å². The second-order valence-corrected chi connectivity index (χ2v) is 6.20. The van der Waals surface area contributed by atoms with Crippen molar-refractivity contribution in [2.75, 3.05) is 38.2 Å². The normalized spacial score (nSPS) is 15.2. The van der Waals surface area contributed by atoms with Crippen molar-refractivity contribution in [2.45, 2.75) is 6.92 Å². The lowest BCUT2D eigenvalue weighted by atomic mass is 10.1. The van der Waals surface area contributed by atoms with Gasteiger partial charge in [-0.2, -0.15) is 0 Å². The van der Waals surface area contributed by atoms with Gasteiger partial charge in [-0.25, -0.2) is 0 Å². The zero-order chi connectivity index (χ0) is 17.6. The lowest BCUT2D eigenvalue weighted by Gasteiger charge is -2.35. The molecule has 1 fully saturated rings. The summed E-state index contributed by atoms with van der Waals surface area (Å²) in [5.74, 6) is 0.954. The zero-order valence-corrected chi connectivity index (χ0v) is 14.8. The third-order valence-electron chi connectivity index (χ3n) is 4.60. The molecule has 0 radical (unpaired) electrons. The fourth-order valence-electron chi connectivity index (χ4n) is 3.04. The Labute approximate surface area is 149 Å². The largest absolute Gasteiger partial charge is 0.497 e. The van der Waals surface area contributed by atoms with Crippen LogP contribution in [0.5, 0.6) is 5.75 Å². The van der Waals surface area contributed by atoms with Gasteiger partial charge in [0, 0.05) is 37.9 Å². The molecule has 0 spiro atoms. The molecule has 0 atom stereocenters. The minimum Gasteiger partial charge on any atom is -0.497 e. The van der Waals surface area contributed by atoms with Gasteiger partial charge in [0.05, 0.1) is 7.11 Å². The molecule has 4 nitrogen and oxygen atoms in total. The van der Waals surface area contributed by atoms with Crippen LogP contribution in [0.1, 0.15) is 12.5 Å². The SMILES string of the molecule is COc1ccc(N2CCN(C(=O)/C=C(\C)c3ccccc3)CC2)cc1. The Bertz CT molecular complexity index is 730. The Kier molecular flexibility index (Phi) is 5.39. The summed E-state index contributed by atoms with van der Waals surface area (Å²) in [5.41, 5.74) is 3.26. The van der Waals surface area contributed by atoms with Gasteiger partial charge in [-0.05, 0) is 42.3 Å². The summed E-state index contributed by atoms with van der Waals surface area (Å²) in [6.07, 6.45) is 1.75. The number of amides is 1. The molecule has 3 rings (SSSR count). The lowest BCUT2D eigenvalue weighted by molar-refractivity contribution is -0.126. The fourth-order valence-corrected chi connectivity index (χ4v) is 3.04. The molecule has 0 unspecified atom stereocenters. The third kappa shape index (κ3) is 4.21. The predicted octanol–water partition coefficient (Wildman–Crippen LogP) is 3.45. The van der Waals surface area contributed by atoms with Gasteiger partial charge >= 0.3 is 0 Å². The lowest BCUT2D eigenvalue weighted by Crippen LogP contribution is -2.48. The van der Waals surface area contributed by atoms with E-state index < -0.39 is 0 Å². The number of methoxy groups -OCH3 is 1. The van der Waals surface area contributed by atoms with Gasteiger partial charge in [0.25, 0.3) is 0 Å². The number of carbonyl (C=O) groups is 1.